The zero-order valence-corrected chi connectivity index (χ0v) is 12.3. The van der Waals surface area contributed by atoms with Crippen LogP contribution in [0.1, 0.15) is 25.5 Å². The van der Waals surface area contributed by atoms with E-state index in [4.69, 9.17) is 4.74 Å². The largest absolute Gasteiger partial charge is 0.356 e. The van der Waals surface area contributed by atoms with Crippen molar-refractivity contribution in [3.63, 3.8) is 0 Å². The fourth-order valence-corrected chi connectivity index (χ4v) is 2.38. The molecule has 0 radical (unpaired) electrons. The highest BCUT2D eigenvalue weighted by atomic mass is 19.1. The fraction of sp³-hybridized carbons (Fsp3) is 0.467. The molecule has 0 aliphatic carbocycles. The first kappa shape index (κ1) is 15.4. The van der Waals surface area contributed by atoms with E-state index in [0.717, 1.165) is 0 Å². The van der Waals surface area contributed by atoms with Crippen molar-refractivity contribution in [2.75, 3.05) is 13.7 Å². The molecule has 2 atom stereocenters. The predicted octanol–water partition coefficient (Wildman–Crippen LogP) is 1.25. The van der Waals surface area contributed by atoms with Gasteiger partial charge in [0, 0.05) is 18.7 Å². The maximum atomic E-state index is 14.0. The number of rotatable bonds is 3. The van der Waals surface area contributed by atoms with Crippen LogP contribution < -0.4 is 5.32 Å². The van der Waals surface area contributed by atoms with Crippen LogP contribution >= 0.6 is 0 Å². The summed E-state index contributed by atoms with van der Waals surface area (Å²) in [6, 6.07) is 5.26. The minimum Gasteiger partial charge on any atom is -0.356 e. The van der Waals surface area contributed by atoms with E-state index in [1.54, 1.807) is 25.2 Å². The van der Waals surface area contributed by atoms with Gasteiger partial charge >= 0.3 is 0 Å². The number of hydrogen-bond donors (Lipinski definition) is 1. The number of nitrogens with one attached hydrogen (secondary N) is 1. The summed E-state index contributed by atoms with van der Waals surface area (Å²) in [4.78, 5) is 25.5. The molecule has 2 amide bonds. The van der Waals surface area contributed by atoms with E-state index < -0.39 is 18.0 Å². The normalized spacial score (nSPS) is 22.5. The van der Waals surface area contributed by atoms with Crippen LogP contribution in [0.25, 0.3) is 0 Å². The van der Waals surface area contributed by atoms with Crippen LogP contribution in [-0.4, -0.2) is 42.5 Å². The Balaban J connectivity index is 2.36. The maximum absolute atomic E-state index is 14.0. The Morgan fingerprint density at radius 1 is 1.43 bits per heavy atom. The first-order valence-corrected chi connectivity index (χ1v) is 6.84. The van der Waals surface area contributed by atoms with Crippen LogP contribution in [0.15, 0.2) is 24.3 Å². The van der Waals surface area contributed by atoms with E-state index in [-0.39, 0.29) is 30.0 Å². The average molecular weight is 294 g/mol. The molecular formula is C15H19FN2O3. The topological polar surface area (TPSA) is 58.6 Å². The van der Waals surface area contributed by atoms with Crippen molar-refractivity contribution in [2.45, 2.75) is 32.0 Å². The number of amides is 2. The molecule has 21 heavy (non-hydrogen) atoms. The van der Waals surface area contributed by atoms with Crippen LogP contribution in [-0.2, 0) is 14.3 Å². The van der Waals surface area contributed by atoms with Crippen molar-refractivity contribution in [3.05, 3.63) is 35.6 Å². The Hall–Kier alpha value is -1.95. The molecule has 5 nitrogen and oxygen atoms in total. The molecule has 1 N–H and O–H groups in total. The van der Waals surface area contributed by atoms with Gasteiger partial charge in [-0.15, -0.1) is 0 Å². The van der Waals surface area contributed by atoms with Gasteiger partial charge in [-0.3, -0.25) is 9.59 Å². The quantitative estimate of drug-likeness (QED) is 0.912. The number of carbonyl (C=O) groups excluding carboxylic acids is 2. The number of morpholine rings is 1. The summed E-state index contributed by atoms with van der Waals surface area (Å²) < 4.78 is 19.4. The third kappa shape index (κ3) is 3.21. The van der Waals surface area contributed by atoms with E-state index in [2.05, 4.69) is 5.32 Å². The molecule has 6 heteroatoms. The van der Waals surface area contributed by atoms with Gasteiger partial charge in [-0.25, -0.2) is 4.39 Å². The summed E-state index contributed by atoms with van der Waals surface area (Å²) in [5.41, 5.74) is 0.275. The monoisotopic (exact) mass is 294 g/mol. The van der Waals surface area contributed by atoms with Gasteiger partial charge in [0.15, 0.2) is 6.10 Å². The molecule has 1 aliphatic heterocycles. The van der Waals surface area contributed by atoms with Crippen LogP contribution in [0.3, 0.4) is 0 Å². The standard InChI is InChI=1S/C15H19FN2O3/c1-9(2)17-15(20)14-13(18(3)12(19)8-21-14)10-6-4-5-7-11(10)16/h4-7,9,13-14H,8H2,1-3H3,(H,17,20). The van der Waals surface area contributed by atoms with Crippen molar-refractivity contribution in [3.8, 4) is 0 Å². The summed E-state index contributed by atoms with van der Waals surface area (Å²) >= 11 is 0. The third-order valence-electron chi connectivity index (χ3n) is 3.40. The highest BCUT2D eigenvalue weighted by Gasteiger charge is 2.41. The smallest absolute Gasteiger partial charge is 0.251 e. The van der Waals surface area contributed by atoms with Crippen LogP contribution in [0.4, 0.5) is 4.39 Å². The Labute approximate surface area is 123 Å². The van der Waals surface area contributed by atoms with E-state index in [1.807, 2.05) is 13.8 Å². The molecule has 1 fully saturated rings. The van der Waals surface area contributed by atoms with Gasteiger partial charge in [-0.2, -0.15) is 0 Å². The lowest BCUT2D eigenvalue weighted by Gasteiger charge is -2.38. The molecule has 1 heterocycles. The summed E-state index contributed by atoms with van der Waals surface area (Å²) in [5, 5.41) is 2.74. The first-order chi connectivity index (χ1) is 9.91. The van der Waals surface area contributed by atoms with Crippen molar-refractivity contribution >= 4 is 11.8 Å². The second kappa shape index (κ2) is 6.22. The zero-order chi connectivity index (χ0) is 15.6. The lowest BCUT2D eigenvalue weighted by molar-refractivity contribution is -0.162. The Morgan fingerprint density at radius 3 is 2.71 bits per heavy atom. The fourth-order valence-electron chi connectivity index (χ4n) is 2.38. The Kier molecular flexibility index (Phi) is 4.57. The van der Waals surface area contributed by atoms with Crippen molar-refractivity contribution in [1.82, 2.24) is 10.2 Å². The Bertz CT molecular complexity index is 547. The number of carbonyl (C=O) groups is 2. The van der Waals surface area contributed by atoms with Crippen molar-refractivity contribution in [1.29, 1.82) is 0 Å². The van der Waals surface area contributed by atoms with Gasteiger partial charge in [0.05, 0.1) is 6.04 Å². The number of ether oxygens (including phenoxy) is 1. The zero-order valence-electron chi connectivity index (χ0n) is 12.3. The summed E-state index contributed by atoms with van der Waals surface area (Å²) in [5.74, 6) is -1.09. The van der Waals surface area contributed by atoms with E-state index in [1.165, 1.54) is 11.0 Å². The summed E-state index contributed by atoms with van der Waals surface area (Å²) in [7, 11) is 1.55. The van der Waals surface area contributed by atoms with Crippen molar-refractivity contribution < 1.29 is 18.7 Å². The predicted molar refractivity (Wildman–Crippen MR) is 74.9 cm³/mol. The van der Waals surface area contributed by atoms with Crippen molar-refractivity contribution in [2.24, 2.45) is 0 Å². The molecular weight excluding hydrogens is 275 g/mol. The molecule has 0 saturated carbocycles. The van der Waals surface area contributed by atoms with Gasteiger partial charge in [-0.05, 0) is 19.9 Å². The van der Waals surface area contributed by atoms with Gasteiger partial charge in [-0.1, -0.05) is 18.2 Å². The Morgan fingerprint density at radius 2 is 2.10 bits per heavy atom. The molecule has 114 valence electrons. The van der Waals surface area contributed by atoms with E-state index >= 15 is 0 Å². The lowest BCUT2D eigenvalue weighted by atomic mass is 9.97. The number of likely N-dealkylation sites (N-methyl/N-ethyl adjacent to an activating group) is 1. The molecule has 1 saturated heterocycles. The summed E-state index contributed by atoms with van der Waals surface area (Å²) in [6.45, 7) is 3.47. The minimum atomic E-state index is -0.924. The van der Waals surface area contributed by atoms with Gasteiger partial charge in [0.2, 0.25) is 5.91 Å². The average Bonchev–Trinajstić information content (AvgIpc) is 2.42. The van der Waals surface area contributed by atoms with Gasteiger partial charge in [0.25, 0.3) is 5.91 Å². The molecule has 0 spiro atoms. The maximum Gasteiger partial charge on any atom is 0.251 e. The molecule has 2 rings (SSSR count). The molecule has 1 aromatic rings. The summed E-state index contributed by atoms with van der Waals surface area (Å²) in [6.07, 6.45) is -0.924. The van der Waals surface area contributed by atoms with Gasteiger partial charge in [0.1, 0.15) is 12.4 Å². The molecule has 0 bridgehead atoms. The molecule has 1 aliphatic rings. The second-order valence-electron chi connectivity index (χ2n) is 5.37. The molecule has 2 unspecified atom stereocenters. The highest BCUT2D eigenvalue weighted by molar-refractivity contribution is 5.86. The first-order valence-electron chi connectivity index (χ1n) is 6.84. The van der Waals surface area contributed by atoms with Crippen LogP contribution in [0, 0.1) is 5.82 Å². The lowest BCUT2D eigenvalue weighted by Crippen LogP contribution is -2.54. The number of nitrogens with zero attached hydrogens (tertiary/aromatic N) is 1. The van der Waals surface area contributed by atoms with E-state index in [0.29, 0.717) is 0 Å². The van der Waals surface area contributed by atoms with Crippen LogP contribution in [0.2, 0.25) is 0 Å². The second-order valence-corrected chi connectivity index (χ2v) is 5.37. The van der Waals surface area contributed by atoms with Crippen LogP contribution in [0.5, 0.6) is 0 Å². The van der Waals surface area contributed by atoms with E-state index in [9.17, 15) is 14.0 Å². The molecule has 0 aromatic heterocycles. The number of benzene rings is 1. The number of hydrogen-bond acceptors (Lipinski definition) is 3. The number of halogens is 1. The SMILES string of the molecule is CC(C)NC(=O)C1OCC(=O)N(C)C1c1ccccc1F. The third-order valence-corrected chi connectivity index (χ3v) is 3.40. The highest BCUT2D eigenvalue weighted by Crippen LogP contribution is 2.30. The molecule has 1 aromatic carbocycles. The minimum absolute atomic E-state index is 0.0645. The van der Waals surface area contributed by atoms with Gasteiger partial charge < -0.3 is 15.0 Å².